The minimum Gasteiger partial charge on any atom is -0.332 e. The van der Waals surface area contributed by atoms with E-state index in [1.807, 2.05) is 12.5 Å². The van der Waals surface area contributed by atoms with Gasteiger partial charge >= 0.3 is 0 Å². The maximum Gasteiger partial charge on any atom is 0.0949 e. The van der Waals surface area contributed by atoms with E-state index >= 15 is 0 Å². The van der Waals surface area contributed by atoms with Gasteiger partial charge in [0.2, 0.25) is 0 Å². The summed E-state index contributed by atoms with van der Waals surface area (Å²) in [6.07, 6.45) is 5.07. The molecule has 0 unspecified atom stereocenters. The summed E-state index contributed by atoms with van der Waals surface area (Å²) in [5.41, 5.74) is 1.28. The SMILES string of the molecule is CCCNCc1cncn1CCN(CC)CC. The minimum absolute atomic E-state index is 0.923. The van der Waals surface area contributed by atoms with E-state index in [0.717, 1.165) is 39.3 Å². The Kier molecular flexibility index (Phi) is 6.89. The molecule has 0 aromatic carbocycles. The normalized spacial score (nSPS) is 11.3. The van der Waals surface area contributed by atoms with Crippen molar-refractivity contribution in [1.29, 1.82) is 0 Å². The molecule has 0 atom stereocenters. The molecule has 0 aliphatic rings. The van der Waals surface area contributed by atoms with Crippen molar-refractivity contribution in [2.45, 2.75) is 40.3 Å². The topological polar surface area (TPSA) is 33.1 Å². The van der Waals surface area contributed by atoms with Gasteiger partial charge in [0.25, 0.3) is 0 Å². The summed E-state index contributed by atoms with van der Waals surface area (Å²) in [4.78, 5) is 6.67. The second kappa shape index (κ2) is 8.25. The Hall–Kier alpha value is -0.870. The molecule has 1 N–H and O–H groups in total. The first-order chi connectivity index (χ1) is 8.31. The quantitative estimate of drug-likeness (QED) is 0.665. The van der Waals surface area contributed by atoms with E-state index in [1.54, 1.807) is 0 Å². The minimum atomic E-state index is 0.923. The van der Waals surface area contributed by atoms with E-state index in [4.69, 9.17) is 0 Å². The van der Waals surface area contributed by atoms with Crippen LogP contribution in [0.1, 0.15) is 32.9 Å². The zero-order valence-corrected chi connectivity index (χ0v) is 11.4. The first-order valence-electron chi connectivity index (χ1n) is 6.73. The summed E-state index contributed by atoms with van der Waals surface area (Å²) in [6.45, 7) is 13.0. The van der Waals surface area contributed by atoms with Gasteiger partial charge in [-0.25, -0.2) is 4.98 Å². The van der Waals surface area contributed by atoms with Crippen LogP contribution in [0.15, 0.2) is 12.5 Å². The molecule has 0 saturated carbocycles. The average Bonchev–Trinajstić information content (AvgIpc) is 2.79. The molecule has 0 spiro atoms. The van der Waals surface area contributed by atoms with Gasteiger partial charge in [-0.2, -0.15) is 0 Å². The lowest BCUT2D eigenvalue weighted by molar-refractivity contribution is 0.289. The van der Waals surface area contributed by atoms with Gasteiger partial charge in [-0.15, -0.1) is 0 Å². The lowest BCUT2D eigenvalue weighted by atomic mass is 10.4. The van der Waals surface area contributed by atoms with Crippen LogP contribution in [0.2, 0.25) is 0 Å². The Balaban J connectivity index is 2.39. The van der Waals surface area contributed by atoms with Gasteiger partial charge in [0.1, 0.15) is 0 Å². The third kappa shape index (κ3) is 4.88. The molecule has 0 aliphatic heterocycles. The lowest BCUT2D eigenvalue weighted by Crippen LogP contribution is -2.27. The molecule has 0 aliphatic carbocycles. The van der Waals surface area contributed by atoms with Crippen LogP contribution < -0.4 is 5.32 Å². The highest BCUT2D eigenvalue weighted by molar-refractivity contribution is 4.97. The molecular formula is C13H26N4. The number of aromatic nitrogens is 2. The van der Waals surface area contributed by atoms with E-state index in [9.17, 15) is 0 Å². The lowest BCUT2D eigenvalue weighted by Gasteiger charge is -2.19. The van der Waals surface area contributed by atoms with Crippen molar-refractivity contribution >= 4 is 0 Å². The van der Waals surface area contributed by atoms with Gasteiger partial charge in [-0.3, -0.25) is 0 Å². The Morgan fingerprint density at radius 3 is 2.71 bits per heavy atom. The largest absolute Gasteiger partial charge is 0.332 e. The Morgan fingerprint density at radius 2 is 2.06 bits per heavy atom. The molecule has 0 bridgehead atoms. The Bertz CT molecular complexity index is 291. The number of imidazole rings is 1. The molecule has 1 aromatic heterocycles. The second-order valence-corrected chi connectivity index (χ2v) is 4.28. The fourth-order valence-corrected chi connectivity index (χ4v) is 1.88. The third-order valence-electron chi connectivity index (χ3n) is 3.08. The number of rotatable bonds is 9. The van der Waals surface area contributed by atoms with Crippen molar-refractivity contribution in [3.05, 3.63) is 18.2 Å². The van der Waals surface area contributed by atoms with E-state index < -0.39 is 0 Å². The molecular weight excluding hydrogens is 212 g/mol. The van der Waals surface area contributed by atoms with Crippen LogP contribution in [0, 0.1) is 0 Å². The molecule has 4 heteroatoms. The van der Waals surface area contributed by atoms with E-state index in [0.29, 0.717) is 0 Å². The van der Waals surface area contributed by atoms with Crippen molar-refractivity contribution in [1.82, 2.24) is 19.8 Å². The maximum atomic E-state index is 4.23. The van der Waals surface area contributed by atoms with E-state index in [-0.39, 0.29) is 0 Å². The maximum absolute atomic E-state index is 4.23. The predicted molar refractivity (Wildman–Crippen MR) is 72.0 cm³/mol. The fraction of sp³-hybridized carbons (Fsp3) is 0.769. The number of nitrogens with one attached hydrogen (secondary N) is 1. The standard InChI is InChI=1S/C13H26N4/c1-4-7-14-10-13-11-15-12-17(13)9-8-16(5-2)6-3/h11-12,14H,4-10H2,1-3H3. The van der Waals surface area contributed by atoms with Gasteiger partial charge in [0.05, 0.1) is 12.0 Å². The molecule has 0 saturated heterocycles. The van der Waals surface area contributed by atoms with Crippen LogP contribution >= 0.6 is 0 Å². The van der Waals surface area contributed by atoms with Gasteiger partial charge < -0.3 is 14.8 Å². The van der Waals surface area contributed by atoms with Crippen LogP contribution in [0.5, 0.6) is 0 Å². The molecule has 1 heterocycles. The van der Waals surface area contributed by atoms with Crippen molar-refractivity contribution in [3.8, 4) is 0 Å². The highest BCUT2D eigenvalue weighted by Gasteiger charge is 2.03. The first kappa shape index (κ1) is 14.2. The summed E-state index contributed by atoms with van der Waals surface area (Å²) in [5, 5.41) is 3.42. The summed E-state index contributed by atoms with van der Waals surface area (Å²) in [6, 6.07) is 0. The van der Waals surface area contributed by atoms with Crippen LogP contribution in [0.25, 0.3) is 0 Å². The van der Waals surface area contributed by atoms with E-state index in [1.165, 1.54) is 12.1 Å². The zero-order valence-electron chi connectivity index (χ0n) is 11.4. The Labute approximate surface area is 105 Å². The number of nitrogens with zero attached hydrogens (tertiary/aromatic N) is 3. The molecule has 0 fully saturated rings. The predicted octanol–water partition coefficient (Wildman–Crippen LogP) is 1.72. The van der Waals surface area contributed by atoms with Crippen molar-refractivity contribution in [2.24, 2.45) is 0 Å². The van der Waals surface area contributed by atoms with Crippen LogP contribution in [0.3, 0.4) is 0 Å². The highest BCUT2D eigenvalue weighted by Crippen LogP contribution is 2.00. The third-order valence-corrected chi connectivity index (χ3v) is 3.08. The van der Waals surface area contributed by atoms with Crippen LogP contribution in [0.4, 0.5) is 0 Å². The van der Waals surface area contributed by atoms with Gasteiger partial charge in [0.15, 0.2) is 0 Å². The van der Waals surface area contributed by atoms with Crippen molar-refractivity contribution in [2.75, 3.05) is 26.2 Å². The smallest absolute Gasteiger partial charge is 0.0949 e. The molecule has 98 valence electrons. The molecule has 1 rings (SSSR count). The molecule has 17 heavy (non-hydrogen) atoms. The molecule has 0 radical (unpaired) electrons. The first-order valence-corrected chi connectivity index (χ1v) is 6.73. The second-order valence-electron chi connectivity index (χ2n) is 4.28. The summed E-state index contributed by atoms with van der Waals surface area (Å²) in [7, 11) is 0. The summed E-state index contributed by atoms with van der Waals surface area (Å²) >= 11 is 0. The van der Waals surface area contributed by atoms with Gasteiger partial charge in [-0.05, 0) is 26.1 Å². The number of hydrogen-bond donors (Lipinski definition) is 1. The average molecular weight is 238 g/mol. The zero-order chi connectivity index (χ0) is 12.5. The highest BCUT2D eigenvalue weighted by atomic mass is 15.2. The van der Waals surface area contributed by atoms with Gasteiger partial charge in [0, 0.05) is 25.8 Å². The van der Waals surface area contributed by atoms with Crippen LogP contribution in [-0.4, -0.2) is 40.6 Å². The molecule has 4 nitrogen and oxygen atoms in total. The van der Waals surface area contributed by atoms with Crippen molar-refractivity contribution < 1.29 is 0 Å². The molecule has 0 amide bonds. The monoisotopic (exact) mass is 238 g/mol. The van der Waals surface area contributed by atoms with Crippen molar-refractivity contribution in [3.63, 3.8) is 0 Å². The summed E-state index contributed by atoms with van der Waals surface area (Å²) < 4.78 is 2.25. The Morgan fingerprint density at radius 1 is 1.29 bits per heavy atom. The fourth-order valence-electron chi connectivity index (χ4n) is 1.88. The number of likely N-dealkylation sites (N-methyl/N-ethyl adjacent to an activating group) is 1. The van der Waals surface area contributed by atoms with E-state index in [2.05, 4.69) is 40.5 Å². The molecule has 1 aromatic rings. The van der Waals surface area contributed by atoms with Crippen LogP contribution in [-0.2, 0) is 13.1 Å². The summed E-state index contributed by atoms with van der Waals surface area (Å²) in [5.74, 6) is 0. The van der Waals surface area contributed by atoms with Gasteiger partial charge in [-0.1, -0.05) is 20.8 Å². The number of hydrogen-bond acceptors (Lipinski definition) is 3.